The molecule has 3 heterocycles. The number of carbonyl (C=O) groups excluding carboxylic acids is 7. The fourth-order valence-corrected chi connectivity index (χ4v) is 8.37. The second-order valence-corrected chi connectivity index (χ2v) is 15.5. The van der Waals surface area contributed by atoms with Crippen molar-refractivity contribution in [2.24, 2.45) is 5.73 Å². The van der Waals surface area contributed by atoms with Crippen LogP contribution in [-0.2, 0) is 44.8 Å². The predicted molar refractivity (Wildman–Crippen MR) is 222 cm³/mol. The molecule has 1 aromatic heterocycles. The summed E-state index contributed by atoms with van der Waals surface area (Å²) in [4.78, 5) is 103. The largest absolute Gasteiger partial charge is 0.449 e. The van der Waals surface area contributed by atoms with Gasteiger partial charge in [-0.25, -0.2) is 4.79 Å². The molecule has 3 aromatic carbocycles. The van der Waals surface area contributed by atoms with Gasteiger partial charge in [0.2, 0.25) is 29.5 Å². The molecule has 17 heteroatoms. The number of hydrogen-bond acceptors (Lipinski definition) is 10. The molecule has 0 radical (unpaired) electrons. The Morgan fingerprint density at radius 1 is 0.836 bits per heavy atom. The molecule has 2 saturated heterocycles. The number of fused-ring (bicyclic) bond motifs is 4. The number of amides is 6. The smallest absolute Gasteiger partial charge is 0.407 e. The van der Waals surface area contributed by atoms with Gasteiger partial charge in [-0.3, -0.25) is 28.8 Å². The van der Waals surface area contributed by atoms with Crippen molar-refractivity contribution in [1.29, 1.82) is 0 Å². The van der Waals surface area contributed by atoms with Gasteiger partial charge in [-0.1, -0.05) is 66.7 Å². The summed E-state index contributed by atoms with van der Waals surface area (Å²) < 4.78 is 5.74. The first-order valence-corrected chi connectivity index (χ1v) is 20.6. The summed E-state index contributed by atoms with van der Waals surface area (Å²) in [5.41, 5.74) is 13.4. The zero-order chi connectivity index (χ0) is 42.9. The standard InChI is InChI=1S/C44H50N8O9/c45-38(53)24-47-42(57)37-17-9-21-52(37)43(58)35-16-7-8-20-48-61-39(54)19-18-34(40(55)50-36(41(56)49-35)22-26-23-46-33-15-6-5-10-27(26)33)51-44(59)60-25-32-30-13-3-1-11-28(30)29-12-2-4-14-31(29)32/h1-6,10-15,23,32,34-37,46,48H,7-9,16-22,24-25H2,(H2,45,53)(H,47,57)(H,49,56)(H,50,55)(H,51,59)/t34-,35+,36+,37+/m0/s1. The van der Waals surface area contributed by atoms with E-state index in [4.69, 9.17) is 15.3 Å². The Hall–Kier alpha value is -6.75. The van der Waals surface area contributed by atoms with E-state index in [1.54, 1.807) is 6.20 Å². The average molecular weight is 835 g/mol. The SMILES string of the molecule is NC(=O)CNC(=O)[C@H]1CCCN1C(=O)[C@H]1CCCCNOC(=O)CC[C@H](NC(=O)OCC2c3ccccc3-c3ccccc32)C(=O)N[C@H](Cc2c[nH]c3ccccc23)C(=O)N1. The number of carbonyl (C=O) groups is 7. The van der Waals surface area contributed by atoms with Crippen LogP contribution in [0.15, 0.2) is 79.0 Å². The second-order valence-electron chi connectivity index (χ2n) is 15.5. The lowest BCUT2D eigenvalue weighted by molar-refractivity contribution is -0.151. The van der Waals surface area contributed by atoms with Crippen molar-refractivity contribution in [1.82, 2.24) is 36.6 Å². The van der Waals surface area contributed by atoms with Crippen molar-refractivity contribution in [2.45, 2.75) is 81.5 Å². The fourth-order valence-electron chi connectivity index (χ4n) is 8.37. The van der Waals surface area contributed by atoms with Crippen LogP contribution in [0.25, 0.3) is 22.0 Å². The van der Waals surface area contributed by atoms with E-state index in [0.29, 0.717) is 31.2 Å². The van der Waals surface area contributed by atoms with Crippen LogP contribution in [0.2, 0.25) is 0 Å². The Bertz CT molecular complexity index is 2250. The number of hydroxylamine groups is 1. The highest BCUT2D eigenvalue weighted by molar-refractivity contribution is 5.97. The first-order valence-electron chi connectivity index (χ1n) is 20.6. The van der Waals surface area contributed by atoms with Gasteiger partial charge in [-0.15, -0.1) is 0 Å². The van der Waals surface area contributed by atoms with Crippen molar-refractivity contribution < 1.29 is 43.1 Å². The number of likely N-dealkylation sites (tertiary alicyclic amines) is 1. The second kappa shape index (κ2) is 19.5. The molecule has 4 aromatic rings. The van der Waals surface area contributed by atoms with Crippen molar-refractivity contribution in [3.63, 3.8) is 0 Å². The number of nitrogens with zero attached hydrogens (tertiary/aromatic N) is 1. The van der Waals surface area contributed by atoms with Crippen LogP contribution in [0, 0.1) is 0 Å². The summed E-state index contributed by atoms with van der Waals surface area (Å²) in [6.07, 6.45) is 2.29. The molecule has 3 aliphatic rings. The monoisotopic (exact) mass is 834 g/mol. The molecule has 2 aliphatic heterocycles. The summed E-state index contributed by atoms with van der Waals surface area (Å²) >= 11 is 0. The lowest BCUT2D eigenvalue weighted by atomic mass is 9.98. The third-order valence-electron chi connectivity index (χ3n) is 11.4. The van der Waals surface area contributed by atoms with Crippen LogP contribution in [0.3, 0.4) is 0 Å². The quantitative estimate of drug-likeness (QED) is 0.130. The van der Waals surface area contributed by atoms with Crippen LogP contribution in [0.5, 0.6) is 0 Å². The Morgan fingerprint density at radius 3 is 2.31 bits per heavy atom. The molecule has 6 amide bonds. The molecule has 4 atom stereocenters. The van der Waals surface area contributed by atoms with Gasteiger partial charge in [0.1, 0.15) is 30.8 Å². The van der Waals surface area contributed by atoms with Gasteiger partial charge in [0.25, 0.3) is 0 Å². The van der Waals surface area contributed by atoms with Crippen molar-refractivity contribution in [3.05, 3.63) is 95.7 Å². The molecule has 1 aliphatic carbocycles. The van der Waals surface area contributed by atoms with Gasteiger partial charge >= 0.3 is 12.1 Å². The molecule has 0 spiro atoms. The number of nitrogens with one attached hydrogen (secondary N) is 6. The molecule has 0 saturated carbocycles. The third-order valence-corrected chi connectivity index (χ3v) is 11.4. The summed E-state index contributed by atoms with van der Waals surface area (Å²) in [6, 6.07) is 18.6. The molecule has 320 valence electrons. The zero-order valence-electron chi connectivity index (χ0n) is 33.6. The lowest BCUT2D eigenvalue weighted by Crippen LogP contribution is -2.59. The number of ether oxygens (including phenoxy) is 1. The highest BCUT2D eigenvalue weighted by Gasteiger charge is 2.39. The lowest BCUT2D eigenvalue weighted by Gasteiger charge is -2.30. The number of para-hydroxylation sites is 1. The molecule has 0 bridgehead atoms. The maximum Gasteiger partial charge on any atom is 0.407 e. The highest BCUT2D eigenvalue weighted by atomic mass is 16.7. The molecule has 8 N–H and O–H groups in total. The Kier molecular flexibility index (Phi) is 13.6. The van der Waals surface area contributed by atoms with E-state index in [0.717, 1.165) is 33.2 Å². The molecule has 61 heavy (non-hydrogen) atoms. The van der Waals surface area contributed by atoms with Crippen molar-refractivity contribution in [2.75, 3.05) is 26.2 Å². The minimum atomic E-state index is -1.34. The number of nitrogens with two attached hydrogens (primary N) is 1. The number of primary amides is 1. The van der Waals surface area contributed by atoms with E-state index < -0.39 is 65.8 Å². The average Bonchev–Trinajstić information content (AvgIpc) is 4.00. The van der Waals surface area contributed by atoms with Gasteiger partial charge in [-0.05, 0) is 72.4 Å². The van der Waals surface area contributed by atoms with Gasteiger partial charge < -0.3 is 46.5 Å². The first-order chi connectivity index (χ1) is 29.6. The fraction of sp³-hybridized carbons (Fsp3) is 0.386. The topological polar surface area (TPSA) is 243 Å². The van der Waals surface area contributed by atoms with Crippen molar-refractivity contribution in [3.8, 4) is 11.1 Å². The van der Waals surface area contributed by atoms with Crippen LogP contribution in [0.1, 0.15) is 67.6 Å². The number of alkyl carbamates (subject to hydrolysis) is 1. The highest BCUT2D eigenvalue weighted by Crippen LogP contribution is 2.44. The minimum Gasteiger partial charge on any atom is -0.449 e. The van der Waals surface area contributed by atoms with Crippen LogP contribution >= 0.6 is 0 Å². The normalized spacial score (nSPS) is 21.4. The molecular weight excluding hydrogens is 785 g/mol. The summed E-state index contributed by atoms with van der Waals surface area (Å²) in [5, 5.41) is 11.6. The number of benzene rings is 3. The maximum atomic E-state index is 14.4. The zero-order valence-corrected chi connectivity index (χ0v) is 33.6. The van der Waals surface area contributed by atoms with E-state index >= 15 is 0 Å². The van der Waals surface area contributed by atoms with E-state index in [2.05, 4.69) is 31.7 Å². The Morgan fingerprint density at radius 2 is 1.56 bits per heavy atom. The van der Waals surface area contributed by atoms with Crippen LogP contribution < -0.4 is 32.5 Å². The predicted octanol–water partition coefficient (Wildman–Crippen LogP) is 2.19. The molecular formula is C44H50N8O9. The number of rotatable bonds is 9. The molecule has 2 fully saturated rings. The van der Waals surface area contributed by atoms with Gasteiger partial charge in [0.15, 0.2) is 0 Å². The van der Waals surface area contributed by atoms with Gasteiger partial charge in [0.05, 0.1) is 6.54 Å². The van der Waals surface area contributed by atoms with E-state index in [9.17, 15) is 33.6 Å². The third kappa shape index (κ3) is 10.2. The van der Waals surface area contributed by atoms with Crippen LogP contribution in [0.4, 0.5) is 4.79 Å². The number of aromatic amines is 1. The number of aromatic nitrogens is 1. The van der Waals surface area contributed by atoms with Gasteiger partial charge in [-0.2, -0.15) is 5.48 Å². The Labute approximate surface area is 351 Å². The maximum absolute atomic E-state index is 14.4. The first kappa shape index (κ1) is 42.4. The minimum absolute atomic E-state index is 0.00597. The molecule has 17 nitrogen and oxygen atoms in total. The summed E-state index contributed by atoms with van der Waals surface area (Å²) in [6.45, 7) is 0.0664. The Balaban J connectivity index is 1.12. The summed E-state index contributed by atoms with van der Waals surface area (Å²) in [5.74, 6) is -4.12. The molecule has 0 unspecified atom stereocenters. The van der Waals surface area contributed by atoms with E-state index in [1.165, 1.54) is 4.90 Å². The van der Waals surface area contributed by atoms with E-state index in [1.807, 2.05) is 72.8 Å². The molecule has 7 rings (SSSR count). The van der Waals surface area contributed by atoms with E-state index in [-0.39, 0.29) is 57.8 Å². The van der Waals surface area contributed by atoms with Gasteiger partial charge in [0, 0.05) is 48.9 Å². The van der Waals surface area contributed by atoms with Crippen LogP contribution in [-0.4, -0.2) is 102 Å². The summed E-state index contributed by atoms with van der Waals surface area (Å²) in [7, 11) is 0. The number of H-pyrrole nitrogens is 1. The number of hydrogen-bond donors (Lipinski definition) is 7. The van der Waals surface area contributed by atoms with Crippen molar-refractivity contribution >= 4 is 52.5 Å².